The van der Waals surface area contributed by atoms with Crippen LogP contribution in [0, 0.1) is 0 Å². The third-order valence-corrected chi connectivity index (χ3v) is 1.64. The molecule has 0 amide bonds. The Morgan fingerprint density at radius 1 is 1.18 bits per heavy atom. The molecule has 0 aliphatic rings. The van der Waals surface area contributed by atoms with Gasteiger partial charge in [-0.15, -0.1) is 0 Å². The lowest BCUT2D eigenvalue weighted by Crippen LogP contribution is -1.90. The molecule has 0 unspecified atom stereocenters. The lowest BCUT2D eigenvalue weighted by Gasteiger charge is -1.96. The molecule has 0 spiro atoms. The maximum Gasteiger partial charge on any atom is 0.113 e. The highest BCUT2D eigenvalue weighted by Crippen LogP contribution is 2.21. The number of aromatic nitrogens is 2. The Bertz CT molecular complexity index is 354. The molecule has 5 N–H and O–H groups in total. The Kier molecular flexibility index (Phi) is 1.03. The number of benzene rings is 1. The number of H-pyrrole nitrogens is 1. The maximum absolute atomic E-state index is 5.64. The van der Waals surface area contributed by atoms with Gasteiger partial charge in [-0.1, -0.05) is 0 Å². The van der Waals surface area contributed by atoms with E-state index in [1.54, 1.807) is 18.5 Å². The summed E-state index contributed by atoms with van der Waals surface area (Å²) in [6, 6.07) is 3.51. The first-order valence-electron chi connectivity index (χ1n) is 3.26. The highest BCUT2D eigenvalue weighted by molar-refractivity contribution is 5.94. The van der Waals surface area contributed by atoms with E-state index in [-0.39, 0.29) is 0 Å². The topological polar surface area (TPSA) is 80.7 Å². The second kappa shape index (κ2) is 1.88. The number of hydrogen-bond acceptors (Lipinski definition) is 3. The first-order valence-corrected chi connectivity index (χ1v) is 3.26. The van der Waals surface area contributed by atoms with Crippen LogP contribution in [-0.2, 0) is 0 Å². The molecule has 0 fully saturated rings. The predicted octanol–water partition coefficient (Wildman–Crippen LogP) is 0.727. The van der Waals surface area contributed by atoms with Gasteiger partial charge in [0.15, 0.2) is 0 Å². The van der Waals surface area contributed by atoms with Gasteiger partial charge in [-0.05, 0) is 12.1 Å². The van der Waals surface area contributed by atoms with Gasteiger partial charge in [0.2, 0.25) is 0 Å². The molecular formula is C7H8N4. The largest absolute Gasteiger partial charge is 0.397 e. The van der Waals surface area contributed by atoms with Gasteiger partial charge < -0.3 is 16.5 Å². The molecule has 4 nitrogen and oxygen atoms in total. The van der Waals surface area contributed by atoms with Crippen molar-refractivity contribution < 1.29 is 0 Å². The van der Waals surface area contributed by atoms with E-state index in [0.717, 1.165) is 11.0 Å². The van der Waals surface area contributed by atoms with Crippen LogP contribution in [0.15, 0.2) is 18.5 Å². The van der Waals surface area contributed by atoms with Crippen molar-refractivity contribution in [2.75, 3.05) is 11.5 Å². The molecule has 56 valence electrons. The average molecular weight is 148 g/mol. The number of nitrogens with two attached hydrogens (primary N) is 2. The average Bonchev–Trinajstić information content (AvgIpc) is 2.45. The van der Waals surface area contributed by atoms with Gasteiger partial charge in [-0.2, -0.15) is 0 Å². The van der Waals surface area contributed by atoms with Crippen LogP contribution in [0.4, 0.5) is 11.4 Å². The van der Waals surface area contributed by atoms with Gasteiger partial charge in [0.25, 0.3) is 0 Å². The van der Waals surface area contributed by atoms with E-state index in [1.165, 1.54) is 0 Å². The summed E-state index contributed by atoms with van der Waals surface area (Å²) in [5, 5.41) is 0. The van der Waals surface area contributed by atoms with Crippen LogP contribution >= 0.6 is 0 Å². The zero-order chi connectivity index (χ0) is 7.84. The molecule has 2 aromatic rings. The predicted molar refractivity (Wildman–Crippen MR) is 44.9 cm³/mol. The summed E-state index contributed by atoms with van der Waals surface area (Å²) < 4.78 is 0. The van der Waals surface area contributed by atoms with Crippen LogP contribution in [0.1, 0.15) is 0 Å². The summed E-state index contributed by atoms with van der Waals surface area (Å²) in [5.74, 6) is 0. The van der Waals surface area contributed by atoms with Crippen molar-refractivity contribution in [1.82, 2.24) is 9.97 Å². The number of aromatic amines is 1. The quantitative estimate of drug-likeness (QED) is 0.482. The smallest absolute Gasteiger partial charge is 0.113 e. The third kappa shape index (κ3) is 0.724. The van der Waals surface area contributed by atoms with Crippen LogP contribution in [0.2, 0.25) is 0 Å². The van der Waals surface area contributed by atoms with Gasteiger partial charge in [0, 0.05) is 0 Å². The molecule has 11 heavy (non-hydrogen) atoms. The summed E-state index contributed by atoms with van der Waals surface area (Å²) in [4.78, 5) is 6.93. The molecular weight excluding hydrogens is 140 g/mol. The fourth-order valence-electron chi connectivity index (χ4n) is 1.08. The third-order valence-electron chi connectivity index (χ3n) is 1.64. The van der Waals surface area contributed by atoms with E-state index < -0.39 is 0 Å². The van der Waals surface area contributed by atoms with E-state index in [1.807, 2.05) is 0 Å². The van der Waals surface area contributed by atoms with E-state index in [0.29, 0.717) is 11.4 Å². The van der Waals surface area contributed by atoms with E-state index >= 15 is 0 Å². The van der Waals surface area contributed by atoms with E-state index in [9.17, 15) is 0 Å². The van der Waals surface area contributed by atoms with Gasteiger partial charge in [0.05, 0.1) is 23.2 Å². The minimum absolute atomic E-state index is 0.649. The van der Waals surface area contributed by atoms with Crippen molar-refractivity contribution in [3.8, 4) is 0 Å². The van der Waals surface area contributed by atoms with Crippen LogP contribution < -0.4 is 11.5 Å². The summed E-state index contributed by atoms with van der Waals surface area (Å²) >= 11 is 0. The highest BCUT2D eigenvalue weighted by atomic mass is 14.9. The van der Waals surface area contributed by atoms with Gasteiger partial charge in [-0.25, -0.2) is 4.98 Å². The number of rotatable bonds is 0. The molecule has 4 heteroatoms. The summed E-state index contributed by atoms with van der Waals surface area (Å²) in [5.41, 5.74) is 14.1. The van der Waals surface area contributed by atoms with Gasteiger partial charge in [0.1, 0.15) is 5.52 Å². The lowest BCUT2D eigenvalue weighted by atomic mass is 10.2. The molecule has 1 heterocycles. The Morgan fingerprint density at radius 3 is 2.64 bits per heavy atom. The van der Waals surface area contributed by atoms with Crippen LogP contribution in [0.5, 0.6) is 0 Å². The normalized spacial score (nSPS) is 10.5. The van der Waals surface area contributed by atoms with Crippen molar-refractivity contribution in [1.29, 1.82) is 0 Å². The van der Waals surface area contributed by atoms with Crippen molar-refractivity contribution in [2.24, 2.45) is 0 Å². The second-order valence-corrected chi connectivity index (χ2v) is 2.37. The van der Waals surface area contributed by atoms with Crippen molar-refractivity contribution in [3.05, 3.63) is 18.5 Å². The zero-order valence-electron chi connectivity index (χ0n) is 5.83. The molecule has 0 radical (unpaired) electrons. The monoisotopic (exact) mass is 148 g/mol. The molecule has 0 aliphatic carbocycles. The maximum atomic E-state index is 5.64. The Hall–Kier alpha value is -1.71. The fraction of sp³-hybridized carbons (Fsp3) is 0. The highest BCUT2D eigenvalue weighted by Gasteiger charge is 2.01. The second-order valence-electron chi connectivity index (χ2n) is 2.37. The number of fused-ring (bicyclic) bond motifs is 1. The Balaban J connectivity index is 2.96. The first kappa shape index (κ1) is 6.03. The molecule has 2 rings (SSSR count). The van der Waals surface area contributed by atoms with Crippen LogP contribution in [0.25, 0.3) is 11.0 Å². The van der Waals surface area contributed by atoms with Crippen molar-refractivity contribution in [2.45, 2.75) is 0 Å². The molecule has 1 aromatic carbocycles. The Morgan fingerprint density at radius 2 is 1.91 bits per heavy atom. The summed E-state index contributed by atoms with van der Waals surface area (Å²) in [6.07, 6.45) is 1.58. The molecule has 0 bridgehead atoms. The summed E-state index contributed by atoms with van der Waals surface area (Å²) in [7, 11) is 0. The van der Waals surface area contributed by atoms with Gasteiger partial charge in [-0.3, -0.25) is 0 Å². The summed E-state index contributed by atoms with van der Waals surface area (Å²) in [6.45, 7) is 0. The number of nitrogen functional groups attached to an aromatic ring is 2. The van der Waals surface area contributed by atoms with Crippen molar-refractivity contribution in [3.63, 3.8) is 0 Å². The number of nitrogens with zero attached hydrogens (tertiary/aromatic N) is 1. The SMILES string of the molecule is Nc1ccc(N)c2[nH]cnc12. The Labute approximate surface area is 63.2 Å². The number of hydrogen-bond donors (Lipinski definition) is 3. The number of nitrogens with one attached hydrogen (secondary N) is 1. The molecule has 0 saturated heterocycles. The van der Waals surface area contributed by atoms with Crippen LogP contribution in [-0.4, -0.2) is 9.97 Å². The lowest BCUT2D eigenvalue weighted by molar-refractivity contribution is 1.34. The standard InChI is InChI=1S/C7H8N4/c8-4-1-2-5(9)7-6(4)10-3-11-7/h1-3H,8-9H2,(H,10,11). The molecule has 0 saturated carbocycles. The van der Waals surface area contributed by atoms with Gasteiger partial charge >= 0.3 is 0 Å². The minimum atomic E-state index is 0.649. The number of anilines is 2. The first-order chi connectivity index (χ1) is 5.29. The van der Waals surface area contributed by atoms with Crippen LogP contribution in [0.3, 0.4) is 0 Å². The number of imidazole rings is 1. The zero-order valence-corrected chi connectivity index (χ0v) is 5.83. The fourth-order valence-corrected chi connectivity index (χ4v) is 1.08. The minimum Gasteiger partial charge on any atom is -0.397 e. The van der Waals surface area contributed by atoms with Crippen molar-refractivity contribution >= 4 is 22.4 Å². The van der Waals surface area contributed by atoms with E-state index in [4.69, 9.17) is 11.5 Å². The van der Waals surface area contributed by atoms with E-state index in [2.05, 4.69) is 9.97 Å². The molecule has 0 aliphatic heterocycles. The molecule has 1 aromatic heterocycles. The molecule has 0 atom stereocenters.